The van der Waals surface area contributed by atoms with E-state index in [9.17, 15) is 10.1 Å². The van der Waals surface area contributed by atoms with E-state index in [-0.39, 0.29) is 16.5 Å². The van der Waals surface area contributed by atoms with Gasteiger partial charge in [0.15, 0.2) is 0 Å². The maximum atomic E-state index is 11.0. The molecular weight excluding hydrogens is 312 g/mol. The molecule has 2 N–H and O–H groups in total. The van der Waals surface area contributed by atoms with Crippen molar-refractivity contribution >= 4 is 17.4 Å². The summed E-state index contributed by atoms with van der Waals surface area (Å²) in [7, 11) is 0. The average Bonchev–Trinajstić information content (AvgIpc) is 2.85. The molecule has 0 spiro atoms. The summed E-state index contributed by atoms with van der Waals surface area (Å²) in [6.07, 6.45) is 0.725. The second-order valence-corrected chi connectivity index (χ2v) is 6.57. The zero-order valence-electron chi connectivity index (χ0n) is 13.7. The van der Waals surface area contributed by atoms with Crippen molar-refractivity contribution in [1.82, 2.24) is 9.55 Å². The molecule has 0 fully saturated rings. The Bertz CT molecular complexity index is 697. The molecule has 7 heteroatoms. The normalized spacial score (nSPS) is 11.2. The molecule has 0 saturated carbocycles. The fourth-order valence-electron chi connectivity index (χ4n) is 2.40. The van der Waals surface area contributed by atoms with E-state index >= 15 is 0 Å². The fraction of sp³-hybridized carbons (Fsp3) is 0.438. The topological polar surface area (TPSA) is 87.0 Å². The number of imidazole rings is 1. The Labute approximate surface area is 140 Å². The van der Waals surface area contributed by atoms with E-state index in [1.807, 2.05) is 6.07 Å². The zero-order chi connectivity index (χ0) is 17.0. The fourth-order valence-corrected chi connectivity index (χ4v) is 3.68. The van der Waals surface area contributed by atoms with Crippen LogP contribution in [0, 0.1) is 10.1 Å². The molecular formula is C16H22N4O2S. The number of hydrogen-bond donors (Lipinski definition) is 1. The number of nitro benzene ring substituents is 1. The van der Waals surface area contributed by atoms with E-state index in [0.717, 1.165) is 34.4 Å². The number of benzene rings is 1. The van der Waals surface area contributed by atoms with Crippen LogP contribution in [0.15, 0.2) is 34.2 Å². The van der Waals surface area contributed by atoms with Gasteiger partial charge in [0.1, 0.15) is 10.9 Å². The van der Waals surface area contributed by atoms with Gasteiger partial charge in [-0.05, 0) is 25.5 Å². The molecule has 1 heterocycles. The molecule has 0 aliphatic carbocycles. The molecule has 2 aromatic rings. The zero-order valence-corrected chi connectivity index (χ0v) is 14.5. The Morgan fingerprint density at radius 2 is 2.17 bits per heavy atom. The van der Waals surface area contributed by atoms with Crippen LogP contribution in [-0.4, -0.2) is 21.0 Å². The van der Waals surface area contributed by atoms with E-state index in [1.165, 1.54) is 17.8 Å². The minimum atomic E-state index is -0.371. The summed E-state index contributed by atoms with van der Waals surface area (Å²) in [4.78, 5) is 16.2. The van der Waals surface area contributed by atoms with Crippen LogP contribution in [0.3, 0.4) is 0 Å². The largest absolute Gasteiger partial charge is 0.330 e. The van der Waals surface area contributed by atoms with Crippen molar-refractivity contribution in [3.05, 3.63) is 45.9 Å². The summed E-state index contributed by atoms with van der Waals surface area (Å²) in [5, 5.41) is 12.0. The highest BCUT2D eigenvalue weighted by molar-refractivity contribution is 7.99. The van der Waals surface area contributed by atoms with Crippen molar-refractivity contribution in [3.8, 4) is 0 Å². The van der Waals surface area contributed by atoms with Gasteiger partial charge < -0.3 is 10.3 Å². The van der Waals surface area contributed by atoms with Gasteiger partial charge in [-0.15, -0.1) is 0 Å². The SMILES string of the molecule is CCn1c(CCN)nc(C(C)C)c1Sc1cccc([N+](=O)[O-])c1. The third-order valence-electron chi connectivity index (χ3n) is 3.50. The van der Waals surface area contributed by atoms with Gasteiger partial charge in [-0.2, -0.15) is 0 Å². The maximum Gasteiger partial charge on any atom is 0.270 e. The summed E-state index contributed by atoms with van der Waals surface area (Å²) in [6.45, 7) is 7.63. The highest BCUT2D eigenvalue weighted by Crippen LogP contribution is 2.36. The molecule has 2 rings (SSSR count). The number of non-ortho nitro benzene ring substituents is 1. The van der Waals surface area contributed by atoms with Gasteiger partial charge in [0.25, 0.3) is 5.69 Å². The van der Waals surface area contributed by atoms with Gasteiger partial charge >= 0.3 is 0 Å². The Balaban J connectivity index is 2.45. The number of nitrogens with zero attached hydrogens (tertiary/aromatic N) is 3. The standard InChI is InChI=1S/C16H22N4O2S/c1-4-19-14(8-9-17)18-15(11(2)3)16(19)23-13-7-5-6-12(10-13)20(21)22/h5-7,10-11H,4,8-9,17H2,1-3H3. The number of hydrogen-bond acceptors (Lipinski definition) is 5. The van der Waals surface area contributed by atoms with Crippen LogP contribution >= 0.6 is 11.8 Å². The van der Waals surface area contributed by atoms with Crippen molar-refractivity contribution < 1.29 is 4.92 Å². The molecule has 0 bridgehead atoms. The number of nitrogens with two attached hydrogens (primary N) is 1. The lowest BCUT2D eigenvalue weighted by molar-refractivity contribution is -0.385. The van der Waals surface area contributed by atoms with Crippen molar-refractivity contribution in [2.24, 2.45) is 5.73 Å². The van der Waals surface area contributed by atoms with Crippen LogP contribution < -0.4 is 5.73 Å². The first kappa shape index (κ1) is 17.5. The molecule has 0 aliphatic rings. The molecule has 1 aromatic carbocycles. The highest BCUT2D eigenvalue weighted by atomic mass is 32.2. The second kappa shape index (κ2) is 7.61. The number of nitro groups is 1. The number of aromatic nitrogens is 2. The third-order valence-corrected chi connectivity index (χ3v) is 4.61. The summed E-state index contributed by atoms with van der Waals surface area (Å²) < 4.78 is 2.16. The van der Waals surface area contributed by atoms with Gasteiger partial charge in [0, 0.05) is 30.0 Å². The van der Waals surface area contributed by atoms with Crippen LogP contribution in [0.5, 0.6) is 0 Å². The first-order valence-electron chi connectivity index (χ1n) is 7.69. The molecule has 0 unspecified atom stereocenters. The van der Waals surface area contributed by atoms with Crippen LogP contribution in [0.25, 0.3) is 0 Å². The lowest BCUT2D eigenvalue weighted by atomic mass is 10.1. The molecule has 0 radical (unpaired) electrons. The van der Waals surface area contributed by atoms with Crippen LogP contribution in [0.1, 0.15) is 38.2 Å². The predicted octanol–water partition coefficient (Wildman–Crippen LogP) is 3.59. The summed E-state index contributed by atoms with van der Waals surface area (Å²) in [5.41, 5.74) is 6.81. The first-order chi connectivity index (χ1) is 11.0. The van der Waals surface area contributed by atoms with Crippen molar-refractivity contribution in [2.75, 3.05) is 6.54 Å². The van der Waals surface area contributed by atoms with Crippen LogP contribution in [0.2, 0.25) is 0 Å². The molecule has 124 valence electrons. The summed E-state index contributed by atoms with van der Waals surface area (Å²) >= 11 is 1.53. The molecule has 23 heavy (non-hydrogen) atoms. The molecule has 0 saturated heterocycles. The highest BCUT2D eigenvalue weighted by Gasteiger charge is 2.20. The van der Waals surface area contributed by atoms with E-state index in [4.69, 9.17) is 10.7 Å². The lowest BCUT2D eigenvalue weighted by Gasteiger charge is -2.11. The average molecular weight is 334 g/mol. The minimum Gasteiger partial charge on any atom is -0.330 e. The maximum absolute atomic E-state index is 11.0. The molecule has 6 nitrogen and oxygen atoms in total. The predicted molar refractivity (Wildman–Crippen MR) is 92.0 cm³/mol. The van der Waals surface area contributed by atoms with Gasteiger partial charge in [0.2, 0.25) is 0 Å². The second-order valence-electron chi connectivity index (χ2n) is 5.51. The quantitative estimate of drug-likeness (QED) is 0.617. The Kier molecular flexibility index (Phi) is 5.79. The van der Waals surface area contributed by atoms with E-state index < -0.39 is 0 Å². The Morgan fingerprint density at radius 1 is 1.43 bits per heavy atom. The van der Waals surface area contributed by atoms with Crippen molar-refractivity contribution in [3.63, 3.8) is 0 Å². The Morgan fingerprint density at radius 3 is 2.74 bits per heavy atom. The van der Waals surface area contributed by atoms with Gasteiger partial charge in [-0.25, -0.2) is 4.98 Å². The van der Waals surface area contributed by atoms with Crippen LogP contribution in [0.4, 0.5) is 5.69 Å². The molecule has 0 aliphatic heterocycles. The summed E-state index contributed by atoms with van der Waals surface area (Å²) in [5.74, 6) is 1.26. The molecule has 1 aromatic heterocycles. The van der Waals surface area contributed by atoms with E-state index in [2.05, 4.69) is 25.3 Å². The lowest BCUT2D eigenvalue weighted by Crippen LogP contribution is -2.09. The van der Waals surface area contributed by atoms with Gasteiger partial charge in [0.05, 0.1) is 10.6 Å². The van der Waals surface area contributed by atoms with E-state index in [0.29, 0.717) is 6.54 Å². The van der Waals surface area contributed by atoms with Gasteiger partial charge in [-0.3, -0.25) is 10.1 Å². The van der Waals surface area contributed by atoms with Gasteiger partial charge in [-0.1, -0.05) is 31.7 Å². The Hall–Kier alpha value is -1.86. The molecule has 0 amide bonds. The third kappa shape index (κ3) is 3.92. The van der Waals surface area contributed by atoms with Crippen molar-refractivity contribution in [2.45, 2.75) is 49.6 Å². The van der Waals surface area contributed by atoms with Crippen LogP contribution in [-0.2, 0) is 13.0 Å². The summed E-state index contributed by atoms with van der Waals surface area (Å²) in [6, 6.07) is 6.70. The first-order valence-corrected chi connectivity index (χ1v) is 8.51. The number of rotatable bonds is 7. The molecule has 0 atom stereocenters. The van der Waals surface area contributed by atoms with Crippen molar-refractivity contribution in [1.29, 1.82) is 0 Å². The monoisotopic (exact) mass is 334 g/mol. The smallest absolute Gasteiger partial charge is 0.270 e. The van der Waals surface area contributed by atoms with E-state index in [1.54, 1.807) is 12.1 Å². The minimum absolute atomic E-state index is 0.103.